The third kappa shape index (κ3) is 6.51. The molecule has 6 rings (SSSR count). The van der Waals surface area contributed by atoms with Gasteiger partial charge in [-0.25, -0.2) is 8.42 Å². The molecule has 1 fully saturated rings. The van der Waals surface area contributed by atoms with Crippen molar-refractivity contribution in [3.8, 4) is 0 Å². The number of carbonyl (C=O) groups is 1. The average molecular weight is 682 g/mol. The molecule has 1 saturated heterocycles. The summed E-state index contributed by atoms with van der Waals surface area (Å²) >= 11 is 9.32. The Hall–Kier alpha value is -3.60. The smallest absolute Gasteiger partial charge is 0.261 e. The molecule has 1 aromatic heterocycles. The lowest BCUT2D eigenvalue weighted by Crippen LogP contribution is -2.47. The number of anilines is 2. The Morgan fingerprint density at radius 3 is 2.49 bits per heavy atom. The van der Waals surface area contributed by atoms with E-state index in [-0.39, 0.29) is 28.2 Å². The molecule has 3 aromatic carbocycles. The van der Waals surface area contributed by atoms with Crippen LogP contribution in [0.25, 0.3) is 0 Å². The highest BCUT2D eigenvalue weighted by molar-refractivity contribution is 9.10. The molecule has 0 aliphatic carbocycles. The number of hydrogen-bond donors (Lipinski definition) is 2. The molecule has 8 nitrogen and oxygen atoms in total. The number of pyridine rings is 1. The molecule has 0 spiro atoms. The van der Waals surface area contributed by atoms with Gasteiger partial charge in [0, 0.05) is 58.9 Å². The highest BCUT2D eigenvalue weighted by atomic mass is 79.9. The summed E-state index contributed by atoms with van der Waals surface area (Å²) in [6.07, 6.45) is 1.60. The molecule has 2 N–H and O–H groups in total. The first-order valence-corrected chi connectivity index (χ1v) is 16.7. The summed E-state index contributed by atoms with van der Waals surface area (Å²) in [5.41, 5.74) is 3.43. The predicted molar refractivity (Wildman–Crippen MR) is 173 cm³/mol. The van der Waals surface area contributed by atoms with Gasteiger partial charge in [-0.1, -0.05) is 45.7 Å². The quantitative estimate of drug-likeness (QED) is 0.250. The van der Waals surface area contributed by atoms with E-state index in [4.69, 9.17) is 11.6 Å². The van der Waals surface area contributed by atoms with Crippen molar-refractivity contribution < 1.29 is 13.2 Å². The van der Waals surface area contributed by atoms with Crippen LogP contribution in [0.15, 0.2) is 99.1 Å². The van der Waals surface area contributed by atoms with Gasteiger partial charge in [-0.2, -0.15) is 0 Å². The minimum atomic E-state index is -3.95. The molecule has 2 bridgehead atoms. The van der Waals surface area contributed by atoms with Crippen molar-refractivity contribution in [3.63, 3.8) is 0 Å². The molecule has 2 aliphatic heterocycles. The van der Waals surface area contributed by atoms with Crippen LogP contribution in [0, 0.1) is 5.92 Å². The van der Waals surface area contributed by atoms with Crippen molar-refractivity contribution in [1.82, 2.24) is 9.88 Å². The van der Waals surface area contributed by atoms with E-state index in [9.17, 15) is 18.0 Å². The van der Waals surface area contributed by atoms with E-state index in [0.717, 1.165) is 22.2 Å². The lowest BCUT2D eigenvalue weighted by atomic mass is 9.83. The van der Waals surface area contributed by atoms with Gasteiger partial charge in [0.25, 0.3) is 21.5 Å². The molecule has 3 heterocycles. The summed E-state index contributed by atoms with van der Waals surface area (Å²) < 4.78 is 32.4. The topological polar surface area (TPSA) is 101 Å². The highest BCUT2D eigenvalue weighted by Gasteiger charge is 2.35. The number of carbonyl (C=O) groups excluding carboxylic acids is 1. The maximum absolute atomic E-state index is 13.5. The summed E-state index contributed by atoms with van der Waals surface area (Å²) in [6.45, 7) is 2.32. The number of nitrogens with one attached hydrogen (secondary N) is 2. The monoisotopic (exact) mass is 680 g/mol. The number of sulfonamides is 1. The maximum Gasteiger partial charge on any atom is 0.261 e. The van der Waals surface area contributed by atoms with Gasteiger partial charge in [0.1, 0.15) is 0 Å². The van der Waals surface area contributed by atoms with Crippen LogP contribution in [0.2, 0.25) is 5.02 Å². The highest BCUT2D eigenvalue weighted by Crippen LogP contribution is 2.40. The summed E-state index contributed by atoms with van der Waals surface area (Å²) in [6, 6.07) is 24.4. The molecular weight excluding hydrogens is 652 g/mol. The Morgan fingerprint density at radius 1 is 0.953 bits per heavy atom. The van der Waals surface area contributed by atoms with Crippen molar-refractivity contribution in [3.05, 3.63) is 122 Å². The second kappa shape index (κ2) is 12.2. The van der Waals surface area contributed by atoms with Gasteiger partial charge in [-0.15, -0.1) is 0 Å². The maximum atomic E-state index is 13.5. The average Bonchev–Trinajstić information content (AvgIpc) is 2.98. The number of aromatic nitrogens is 1. The number of rotatable bonds is 8. The number of halogens is 2. The first-order chi connectivity index (χ1) is 20.7. The van der Waals surface area contributed by atoms with Gasteiger partial charge >= 0.3 is 0 Å². The summed E-state index contributed by atoms with van der Waals surface area (Å²) in [5.74, 6) is 0.0692. The number of fused-ring (bicyclic) bond motifs is 4. The molecular formula is C32H30BrClN4O4S. The second-order valence-corrected chi connectivity index (χ2v) is 14.1. The molecule has 2 aliphatic rings. The minimum Gasteiger partial charge on any atom is -0.369 e. The molecule has 11 heteroatoms. The molecule has 43 heavy (non-hydrogen) atoms. The van der Waals surface area contributed by atoms with E-state index in [1.54, 1.807) is 36.4 Å². The zero-order chi connectivity index (χ0) is 30.1. The van der Waals surface area contributed by atoms with Gasteiger partial charge < -0.3 is 14.8 Å². The zero-order valence-electron chi connectivity index (χ0n) is 23.2. The third-order valence-corrected chi connectivity index (χ3v) is 10.2. The summed E-state index contributed by atoms with van der Waals surface area (Å²) in [5, 5.41) is 3.59. The van der Waals surface area contributed by atoms with Gasteiger partial charge in [-0.3, -0.25) is 14.3 Å². The van der Waals surface area contributed by atoms with Gasteiger partial charge in [-0.05, 0) is 85.0 Å². The Kier molecular flexibility index (Phi) is 8.35. The van der Waals surface area contributed by atoms with Crippen molar-refractivity contribution in [2.75, 3.05) is 29.3 Å². The molecule has 0 radical (unpaired) electrons. The lowest BCUT2D eigenvalue weighted by molar-refractivity contribution is 0.0954. The summed E-state index contributed by atoms with van der Waals surface area (Å²) in [4.78, 5) is 28.0. The van der Waals surface area contributed by atoms with Gasteiger partial charge in [0.15, 0.2) is 0 Å². The molecule has 222 valence electrons. The van der Waals surface area contributed by atoms with Crippen molar-refractivity contribution in [2.45, 2.75) is 30.2 Å². The normalized spacial score (nSPS) is 17.7. The number of benzene rings is 3. The standard InChI is InChI=1S/C32H30BrClN4O4S/c33-25-7-11-27(12-8-25)43(41,42)36-28-17-23(32(40)35-15-14-21-4-9-26(34)10-5-21)6-13-30(28)37-18-22-16-24(20-37)29-2-1-3-31(39)38(29)19-22/h1-13,17,22,24,36H,14-16,18-20H2,(H,35,40)/t22-,24+/m1/s1. The Labute approximate surface area is 263 Å². The lowest BCUT2D eigenvalue weighted by Gasteiger charge is -2.44. The van der Waals surface area contributed by atoms with Crippen LogP contribution in [0.5, 0.6) is 0 Å². The first kappa shape index (κ1) is 29.5. The van der Waals surface area contributed by atoms with E-state index in [0.29, 0.717) is 54.6 Å². The first-order valence-electron chi connectivity index (χ1n) is 14.1. The fraction of sp³-hybridized carbons (Fsp3) is 0.250. The molecule has 0 unspecified atom stereocenters. The number of hydrogen-bond acceptors (Lipinski definition) is 5. The molecule has 2 atom stereocenters. The largest absolute Gasteiger partial charge is 0.369 e. The number of amides is 1. The van der Waals surface area contributed by atoms with Crippen LogP contribution in [-0.2, 0) is 23.0 Å². The Balaban J connectivity index is 1.28. The predicted octanol–water partition coefficient (Wildman–Crippen LogP) is 5.66. The van der Waals surface area contributed by atoms with Gasteiger partial charge in [0.2, 0.25) is 0 Å². The second-order valence-electron chi connectivity index (χ2n) is 11.0. The minimum absolute atomic E-state index is 0.00928. The molecule has 4 aromatic rings. The molecule has 1 amide bonds. The van der Waals surface area contributed by atoms with Crippen LogP contribution in [0.1, 0.15) is 34.0 Å². The fourth-order valence-corrected chi connectivity index (χ4v) is 7.47. The molecule has 0 saturated carbocycles. The van der Waals surface area contributed by atoms with E-state index in [2.05, 4.69) is 30.9 Å². The number of nitrogens with zero attached hydrogens (tertiary/aromatic N) is 2. The third-order valence-electron chi connectivity index (χ3n) is 8.06. The van der Waals surface area contributed by atoms with Crippen LogP contribution >= 0.6 is 27.5 Å². The Bertz CT molecular complexity index is 1830. The van der Waals surface area contributed by atoms with Crippen LogP contribution < -0.4 is 20.5 Å². The van der Waals surface area contributed by atoms with E-state index in [1.165, 1.54) is 12.1 Å². The van der Waals surface area contributed by atoms with E-state index in [1.807, 2.05) is 41.0 Å². The van der Waals surface area contributed by atoms with Crippen LogP contribution in [0.4, 0.5) is 11.4 Å². The zero-order valence-corrected chi connectivity index (χ0v) is 26.3. The fourth-order valence-electron chi connectivity index (χ4n) is 6.02. The van der Waals surface area contributed by atoms with Crippen LogP contribution in [0.3, 0.4) is 0 Å². The SMILES string of the molecule is O=C(NCCc1ccc(Cl)cc1)c1ccc(N2C[C@H]3C[C@@H](C2)c2cccc(=O)n2C3)c(NS(=O)(=O)c2ccc(Br)cc2)c1. The van der Waals surface area contributed by atoms with Crippen molar-refractivity contribution in [1.29, 1.82) is 0 Å². The van der Waals surface area contributed by atoms with Gasteiger partial charge in [0.05, 0.1) is 16.3 Å². The van der Waals surface area contributed by atoms with Crippen molar-refractivity contribution in [2.24, 2.45) is 5.92 Å². The number of piperidine rings is 1. The van der Waals surface area contributed by atoms with E-state index >= 15 is 0 Å². The van der Waals surface area contributed by atoms with E-state index < -0.39 is 10.0 Å². The van der Waals surface area contributed by atoms with Crippen molar-refractivity contribution >= 4 is 54.8 Å². The Morgan fingerprint density at radius 2 is 1.72 bits per heavy atom. The summed E-state index contributed by atoms with van der Waals surface area (Å²) in [7, 11) is -3.95. The van der Waals surface area contributed by atoms with Crippen LogP contribution in [-0.4, -0.2) is 38.5 Å².